The molecule has 1 N–H and O–H groups in total. The van der Waals surface area contributed by atoms with Crippen molar-refractivity contribution in [2.24, 2.45) is 0 Å². The molecular formula is C7H8BNO. The van der Waals surface area contributed by atoms with Gasteiger partial charge in [0.15, 0.2) is 0 Å². The normalized spacial score (nSPS) is 9.70. The molecule has 0 bridgehead atoms. The molecule has 0 atom stereocenters. The summed E-state index contributed by atoms with van der Waals surface area (Å²) in [6, 6.07) is 3.31. The Labute approximate surface area is 61.3 Å². The lowest BCUT2D eigenvalue weighted by Gasteiger charge is -1.99. The van der Waals surface area contributed by atoms with Crippen molar-refractivity contribution in [2.75, 3.05) is 0 Å². The molecule has 0 spiro atoms. The fourth-order valence-electron chi connectivity index (χ4n) is 0.707. The van der Waals surface area contributed by atoms with E-state index in [4.69, 9.17) is 13.0 Å². The SMILES string of the molecule is [B]c1nc(CC)ccc1O. The van der Waals surface area contributed by atoms with Gasteiger partial charge in [0.25, 0.3) is 0 Å². The Balaban J connectivity index is 3.04. The highest BCUT2D eigenvalue weighted by Crippen LogP contribution is 2.02. The summed E-state index contributed by atoms with van der Waals surface area (Å²) in [5.41, 5.74) is 1.11. The van der Waals surface area contributed by atoms with Gasteiger partial charge in [-0.05, 0) is 18.6 Å². The second-order valence-corrected chi connectivity index (χ2v) is 2.06. The summed E-state index contributed by atoms with van der Waals surface area (Å²) in [5.74, 6) is 0.0530. The minimum Gasteiger partial charge on any atom is -0.507 e. The Morgan fingerprint density at radius 1 is 1.60 bits per heavy atom. The van der Waals surface area contributed by atoms with Gasteiger partial charge in [0, 0.05) is 11.3 Å². The molecule has 0 amide bonds. The Kier molecular flexibility index (Phi) is 1.95. The van der Waals surface area contributed by atoms with Crippen molar-refractivity contribution in [1.82, 2.24) is 4.98 Å². The van der Waals surface area contributed by atoms with Crippen LogP contribution in [0.1, 0.15) is 12.6 Å². The molecule has 1 aromatic heterocycles. The topological polar surface area (TPSA) is 33.1 Å². The largest absolute Gasteiger partial charge is 0.507 e. The zero-order chi connectivity index (χ0) is 7.56. The van der Waals surface area contributed by atoms with Crippen LogP contribution in [-0.2, 0) is 6.42 Å². The van der Waals surface area contributed by atoms with Crippen LogP contribution in [0.15, 0.2) is 12.1 Å². The molecule has 3 heteroatoms. The number of aromatic hydroxyl groups is 1. The van der Waals surface area contributed by atoms with Crippen molar-refractivity contribution < 1.29 is 5.11 Å². The van der Waals surface area contributed by atoms with Crippen molar-refractivity contribution >= 4 is 13.4 Å². The first-order valence-electron chi connectivity index (χ1n) is 3.18. The Morgan fingerprint density at radius 2 is 2.30 bits per heavy atom. The van der Waals surface area contributed by atoms with E-state index in [0.717, 1.165) is 12.1 Å². The van der Waals surface area contributed by atoms with Crippen molar-refractivity contribution in [2.45, 2.75) is 13.3 Å². The molecule has 0 aliphatic carbocycles. The average Bonchev–Trinajstić information content (AvgIpc) is 1.95. The maximum Gasteiger partial charge on any atom is 0.147 e. The van der Waals surface area contributed by atoms with Gasteiger partial charge in [0.2, 0.25) is 0 Å². The molecule has 1 heterocycles. The Hall–Kier alpha value is -0.985. The van der Waals surface area contributed by atoms with Crippen molar-refractivity contribution in [3.8, 4) is 5.75 Å². The third kappa shape index (κ3) is 1.29. The van der Waals surface area contributed by atoms with Crippen molar-refractivity contribution in [3.05, 3.63) is 17.8 Å². The van der Waals surface area contributed by atoms with Crippen LogP contribution in [0.5, 0.6) is 5.75 Å². The van der Waals surface area contributed by atoms with Crippen LogP contribution in [-0.4, -0.2) is 17.9 Å². The van der Waals surface area contributed by atoms with E-state index in [-0.39, 0.29) is 11.3 Å². The molecule has 0 saturated heterocycles. The number of pyridine rings is 1. The van der Waals surface area contributed by atoms with Crippen molar-refractivity contribution in [3.63, 3.8) is 0 Å². The molecule has 0 fully saturated rings. The van der Waals surface area contributed by atoms with Gasteiger partial charge in [-0.25, -0.2) is 0 Å². The van der Waals surface area contributed by atoms with E-state index in [1.807, 2.05) is 6.92 Å². The van der Waals surface area contributed by atoms with Crippen molar-refractivity contribution in [1.29, 1.82) is 0 Å². The van der Waals surface area contributed by atoms with Crippen LogP contribution in [0.2, 0.25) is 0 Å². The highest BCUT2D eigenvalue weighted by Gasteiger charge is 1.95. The van der Waals surface area contributed by atoms with E-state index in [9.17, 15) is 0 Å². The van der Waals surface area contributed by atoms with Gasteiger partial charge in [-0.3, -0.25) is 4.98 Å². The minimum atomic E-state index is 0.0530. The van der Waals surface area contributed by atoms with E-state index < -0.39 is 0 Å². The smallest absolute Gasteiger partial charge is 0.147 e. The predicted molar refractivity (Wildman–Crippen MR) is 40.7 cm³/mol. The van der Waals surface area contributed by atoms with Gasteiger partial charge < -0.3 is 5.11 Å². The molecule has 2 nitrogen and oxygen atoms in total. The maximum absolute atomic E-state index is 8.95. The number of hydrogen-bond acceptors (Lipinski definition) is 2. The van der Waals surface area contributed by atoms with E-state index in [2.05, 4.69) is 4.98 Å². The van der Waals surface area contributed by atoms with E-state index in [1.165, 1.54) is 0 Å². The highest BCUT2D eigenvalue weighted by atomic mass is 16.3. The van der Waals surface area contributed by atoms with Gasteiger partial charge in [-0.1, -0.05) is 6.92 Å². The first-order chi connectivity index (χ1) is 4.74. The van der Waals surface area contributed by atoms with E-state index in [1.54, 1.807) is 12.1 Å². The lowest BCUT2D eigenvalue weighted by Crippen LogP contribution is -2.10. The number of hydrogen-bond donors (Lipinski definition) is 1. The summed E-state index contributed by atoms with van der Waals surface area (Å²) in [5, 5.41) is 8.95. The second kappa shape index (κ2) is 2.73. The third-order valence-corrected chi connectivity index (χ3v) is 1.32. The number of nitrogens with zero attached hydrogens (tertiary/aromatic N) is 1. The van der Waals surface area contributed by atoms with Gasteiger partial charge >= 0.3 is 0 Å². The molecule has 0 aliphatic rings. The number of aryl methyl sites for hydroxylation is 1. The molecule has 0 aliphatic heterocycles. The molecule has 0 saturated carbocycles. The molecule has 2 radical (unpaired) electrons. The van der Waals surface area contributed by atoms with Crippen LogP contribution in [0, 0.1) is 0 Å². The average molecular weight is 133 g/mol. The fourth-order valence-corrected chi connectivity index (χ4v) is 0.707. The predicted octanol–water partition coefficient (Wildman–Crippen LogP) is 0.143. The van der Waals surface area contributed by atoms with Crippen LogP contribution >= 0.6 is 0 Å². The van der Waals surface area contributed by atoms with Gasteiger partial charge in [-0.15, -0.1) is 0 Å². The second-order valence-electron chi connectivity index (χ2n) is 2.06. The highest BCUT2D eigenvalue weighted by molar-refractivity contribution is 6.32. The lowest BCUT2D eigenvalue weighted by atomic mass is 10.0. The zero-order valence-corrected chi connectivity index (χ0v) is 5.83. The van der Waals surface area contributed by atoms with Gasteiger partial charge in [0.1, 0.15) is 13.6 Å². The van der Waals surface area contributed by atoms with Crippen LogP contribution in [0.25, 0.3) is 0 Å². The summed E-state index contributed by atoms with van der Waals surface area (Å²) in [7, 11) is 5.34. The lowest BCUT2D eigenvalue weighted by molar-refractivity contribution is 0.477. The van der Waals surface area contributed by atoms with Gasteiger partial charge in [0.05, 0.1) is 0 Å². The quantitative estimate of drug-likeness (QED) is 0.553. The summed E-state index contributed by atoms with van der Waals surface area (Å²) in [4.78, 5) is 3.92. The van der Waals surface area contributed by atoms with Crippen LogP contribution in [0.4, 0.5) is 0 Å². The summed E-state index contributed by atoms with van der Waals surface area (Å²) in [6.07, 6.45) is 0.838. The maximum atomic E-state index is 8.95. The molecule has 10 heavy (non-hydrogen) atoms. The zero-order valence-electron chi connectivity index (χ0n) is 5.83. The molecule has 50 valence electrons. The molecule has 0 unspecified atom stereocenters. The Bertz CT molecular complexity index is 237. The first-order valence-corrected chi connectivity index (χ1v) is 3.18. The first kappa shape index (κ1) is 7.13. The van der Waals surface area contributed by atoms with E-state index in [0.29, 0.717) is 0 Å². The summed E-state index contributed by atoms with van der Waals surface area (Å²) in [6.45, 7) is 1.98. The number of rotatable bonds is 1. The summed E-state index contributed by atoms with van der Waals surface area (Å²) < 4.78 is 0. The Morgan fingerprint density at radius 3 is 2.80 bits per heavy atom. The molecular weight excluding hydrogens is 125 g/mol. The minimum absolute atomic E-state index is 0.0530. The molecule has 1 rings (SSSR count). The van der Waals surface area contributed by atoms with Gasteiger partial charge in [-0.2, -0.15) is 0 Å². The summed E-state index contributed by atoms with van der Waals surface area (Å²) >= 11 is 0. The third-order valence-electron chi connectivity index (χ3n) is 1.32. The number of aromatic nitrogens is 1. The standard InChI is InChI=1S/C7H8BNO/c1-2-5-3-4-6(10)7(8)9-5/h3-4,10H,2H2,1H3. The molecule has 0 aromatic carbocycles. The molecule has 1 aromatic rings. The monoisotopic (exact) mass is 133 g/mol. The van der Waals surface area contributed by atoms with Crippen LogP contribution < -0.4 is 5.59 Å². The van der Waals surface area contributed by atoms with Crippen LogP contribution in [0.3, 0.4) is 0 Å². The fraction of sp³-hybridized carbons (Fsp3) is 0.286. The van der Waals surface area contributed by atoms with E-state index >= 15 is 0 Å².